The monoisotopic (exact) mass is 377 g/mol. The molecular weight excluding hydrogens is 354 g/mol. The second kappa shape index (κ2) is 8.99. The first-order valence-electron chi connectivity index (χ1n) is 9.27. The summed E-state index contributed by atoms with van der Waals surface area (Å²) in [5.41, 5.74) is 1.92. The third-order valence-electron chi connectivity index (χ3n) is 4.33. The molecule has 0 aliphatic carbocycles. The predicted molar refractivity (Wildman–Crippen MR) is 110 cm³/mol. The van der Waals surface area contributed by atoms with Crippen LogP contribution in [0.3, 0.4) is 0 Å². The minimum absolute atomic E-state index is 0.0574. The van der Waals surface area contributed by atoms with Crippen LogP contribution < -0.4 is 15.2 Å². The van der Waals surface area contributed by atoms with Crippen LogP contribution in [0.1, 0.15) is 13.8 Å². The van der Waals surface area contributed by atoms with Gasteiger partial charge in [0.2, 0.25) is 5.91 Å². The summed E-state index contributed by atoms with van der Waals surface area (Å²) in [7, 11) is 0. The first kappa shape index (κ1) is 19.4. The van der Waals surface area contributed by atoms with E-state index in [2.05, 4.69) is 4.98 Å². The molecule has 1 amide bonds. The molecule has 2 aromatic carbocycles. The minimum Gasteiger partial charge on any atom is -0.494 e. The van der Waals surface area contributed by atoms with Crippen molar-refractivity contribution in [3.63, 3.8) is 0 Å². The molecule has 0 fully saturated rings. The Morgan fingerprint density at radius 2 is 1.79 bits per heavy atom. The highest BCUT2D eigenvalue weighted by Gasteiger charge is 2.15. The van der Waals surface area contributed by atoms with Crippen molar-refractivity contribution in [1.29, 1.82) is 0 Å². The molecule has 3 aromatic rings. The van der Waals surface area contributed by atoms with E-state index >= 15 is 0 Å². The molecule has 0 unspecified atom stereocenters. The standard InChI is InChI=1S/C22H23N3O3/c1-3-25(18-8-6-5-7-9-18)22(27)15-24-16-23-20(14-21(24)26)17-10-12-19(13-11-17)28-4-2/h5-14,16H,3-4,15H2,1-2H3. The number of rotatable bonds is 7. The number of amides is 1. The van der Waals surface area contributed by atoms with Gasteiger partial charge in [-0.05, 0) is 50.2 Å². The molecule has 1 heterocycles. The van der Waals surface area contributed by atoms with Gasteiger partial charge in [0.05, 0.1) is 18.6 Å². The van der Waals surface area contributed by atoms with Crippen LogP contribution in [0, 0.1) is 0 Å². The molecule has 0 N–H and O–H groups in total. The molecule has 0 radical (unpaired) electrons. The largest absolute Gasteiger partial charge is 0.494 e. The summed E-state index contributed by atoms with van der Waals surface area (Å²) < 4.78 is 6.75. The van der Waals surface area contributed by atoms with Crippen LogP contribution in [-0.2, 0) is 11.3 Å². The maximum absolute atomic E-state index is 12.7. The summed E-state index contributed by atoms with van der Waals surface area (Å²) >= 11 is 0. The fourth-order valence-electron chi connectivity index (χ4n) is 2.93. The van der Waals surface area contributed by atoms with Crippen LogP contribution in [0.15, 0.2) is 71.8 Å². The highest BCUT2D eigenvalue weighted by molar-refractivity contribution is 5.93. The summed E-state index contributed by atoms with van der Waals surface area (Å²) in [6.45, 7) is 4.89. The molecule has 1 aromatic heterocycles. The average Bonchev–Trinajstić information content (AvgIpc) is 2.72. The van der Waals surface area contributed by atoms with Crippen molar-refractivity contribution in [2.75, 3.05) is 18.1 Å². The third kappa shape index (κ3) is 4.46. The number of likely N-dealkylation sites (N-methyl/N-ethyl adjacent to an activating group) is 1. The summed E-state index contributed by atoms with van der Waals surface area (Å²) in [6, 6.07) is 18.2. The molecule has 6 heteroatoms. The maximum Gasteiger partial charge on any atom is 0.254 e. The molecule has 0 aliphatic heterocycles. The number of carbonyl (C=O) groups excluding carboxylic acids is 1. The van der Waals surface area contributed by atoms with Gasteiger partial charge >= 0.3 is 0 Å². The van der Waals surface area contributed by atoms with E-state index in [1.807, 2.05) is 68.4 Å². The molecule has 3 rings (SSSR count). The van der Waals surface area contributed by atoms with Gasteiger partial charge in [-0.25, -0.2) is 4.98 Å². The van der Waals surface area contributed by atoms with Crippen molar-refractivity contribution in [3.05, 3.63) is 77.3 Å². The van der Waals surface area contributed by atoms with Crippen molar-refractivity contribution < 1.29 is 9.53 Å². The smallest absolute Gasteiger partial charge is 0.254 e. The van der Waals surface area contributed by atoms with Gasteiger partial charge in [0, 0.05) is 23.9 Å². The lowest BCUT2D eigenvalue weighted by Gasteiger charge is -2.21. The molecule has 0 bridgehead atoms. The van der Waals surface area contributed by atoms with E-state index in [0.29, 0.717) is 18.8 Å². The number of hydrogen-bond acceptors (Lipinski definition) is 4. The number of benzene rings is 2. The Balaban J connectivity index is 1.77. The van der Waals surface area contributed by atoms with Crippen molar-refractivity contribution in [3.8, 4) is 17.0 Å². The number of para-hydroxylation sites is 1. The van der Waals surface area contributed by atoms with E-state index in [-0.39, 0.29) is 18.0 Å². The fraction of sp³-hybridized carbons (Fsp3) is 0.227. The molecule has 0 spiro atoms. The van der Waals surface area contributed by atoms with Gasteiger partial charge in [0.25, 0.3) is 5.56 Å². The lowest BCUT2D eigenvalue weighted by molar-refractivity contribution is -0.119. The van der Waals surface area contributed by atoms with Crippen LogP contribution in [0.5, 0.6) is 5.75 Å². The molecule has 0 atom stereocenters. The number of hydrogen-bond donors (Lipinski definition) is 0. The molecule has 0 saturated heterocycles. The Morgan fingerprint density at radius 3 is 2.39 bits per heavy atom. The molecular formula is C22H23N3O3. The van der Waals surface area contributed by atoms with Gasteiger partial charge in [0.1, 0.15) is 12.3 Å². The molecule has 28 heavy (non-hydrogen) atoms. The SMILES string of the molecule is CCOc1ccc(-c2cc(=O)n(CC(=O)N(CC)c3ccccc3)cn2)cc1. The first-order valence-corrected chi connectivity index (χ1v) is 9.27. The summed E-state index contributed by atoms with van der Waals surface area (Å²) in [4.78, 5) is 31.2. The van der Waals surface area contributed by atoms with Crippen LogP contribution >= 0.6 is 0 Å². The van der Waals surface area contributed by atoms with E-state index in [1.165, 1.54) is 17.0 Å². The van der Waals surface area contributed by atoms with Crippen LogP contribution in [-0.4, -0.2) is 28.6 Å². The zero-order valence-corrected chi connectivity index (χ0v) is 16.0. The summed E-state index contributed by atoms with van der Waals surface area (Å²) in [5.74, 6) is 0.608. The highest BCUT2D eigenvalue weighted by Crippen LogP contribution is 2.19. The molecule has 0 saturated carbocycles. The van der Waals surface area contributed by atoms with Crippen molar-refractivity contribution in [2.24, 2.45) is 0 Å². The quantitative estimate of drug-likeness (QED) is 0.633. The lowest BCUT2D eigenvalue weighted by atomic mass is 10.1. The topological polar surface area (TPSA) is 64.4 Å². The lowest BCUT2D eigenvalue weighted by Crippen LogP contribution is -2.36. The Bertz CT molecular complexity index is 982. The minimum atomic E-state index is -0.267. The number of anilines is 1. The van der Waals surface area contributed by atoms with Crippen LogP contribution in [0.2, 0.25) is 0 Å². The third-order valence-corrected chi connectivity index (χ3v) is 4.33. The molecule has 0 aliphatic rings. The zero-order valence-electron chi connectivity index (χ0n) is 16.0. The molecule has 6 nitrogen and oxygen atoms in total. The first-order chi connectivity index (χ1) is 13.6. The number of ether oxygens (including phenoxy) is 1. The van der Waals surface area contributed by atoms with Gasteiger partial charge in [-0.1, -0.05) is 18.2 Å². The van der Waals surface area contributed by atoms with E-state index in [9.17, 15) is 9.59 Å². The normalized spacial score (nSPS) is 10.5. The number of aromatic nitrogens is 2. The van der Waals surface area contributed by atoms with Crippen LogP contribution in [0.4, 0.5) is 5.69 Å². The summed E-state index contributed by atoms with van der Waals surface area (Å²) in [6.07, 6.45) is 1.42. The van der Waals surface area contributed by atoms with Crippen molar-refractivity contribution in [1.82, 2.24) is 9.55 Å². The Kier molecular flexibility index (Phi) is 6.22. The van der Waals surface area contributed by atoms with Gasteiger partial charge in [-0.2, -0.15) is 0 Å². The van der Waals surface area contributed by atoms with Crippen molar-refractivity contribution >= 4 is 11.6 Å². The second-order valence-corrected chi connectivity index (χ2v) is 6.17. The predicted octanol–water partition coefficient (Wildman–Crippen LogP) is 3.36. The van der Waals surface area contributed by atoms with Crippen molar-refractivity contribution in [2.45, 2.75) is 20.4 Å². The summed E-state index contributed by atoms with van der Waals surface area (Å²) in [5, 5.41) is 0. The Labute approximate surface area is 164 Å². The maximum atomic E-state index is 12.7. The van der Waals surface area contributed by atoms with E-state index < -0.39 is 0 Å². The average molecular weight is 377 g/mol. The highest BCUT2D eigenvalue weighted by atomic mass is 16.5. The number of nitrogens with zero attached hydrogens (tertiary/aromatic N) is 3. The molecule has 144 valence electrons. The van der Waals surface area contributed by atoms with E-state index in [0.717, 1.165) is 17.0 Å². The Hall–Kier alpha value is -3.41. The van der Waals surface area contributed by atoms with Gasteiger partial charge < -0.3 is 9.64 Å². The van der Waals surface area contributed by atoms with E-state index in [1.54, 1.807) is 4.90 Å². The van der Waals surface area contributed by atoms with Gasteiger partial charge in [0.15, 0.2) is 0 Å². The van der Waals surface area contributed by atoms with Gasteiger partial charge in [-0.15, -0.1) is 0 Å². The zero-order chi connectivity index (χ0) is 19.9. The number of carbonyl (C=O) groups is 1. The fourth-order valence-corrected chi connectivity index (χ4v) is 2.93. The van der Waals surface area contributed by atoms with Gasteiger partial charge in [-0.3, -0.25) is 14.2 Å². The van der Waals surface area contributed by atoms with E-state index in [4.69, 9.17) is 4.74 Å². The van der Waals surface area contributed by atoms with Crippen LogP contribution in [0.25, 0.3) is 11.3 Å². The second-order valence-electron chi connectivity index (χ2n) is 6.17. The Morgan fingerprint density at radius 1 is 1.07 bits per heavy atom.